The van der Waals surface area contributed by atoms with E-state index >= 15 is 0 Å². The molecule has 164 valence electrons. The van der Waals surface area contributed by atoms with Crippen LogP contribution in [-0.4, -0.2) is 28.3 Å². The number of nitrogens with zero attached hydrogens (tertiary/aromatic N) is 3. The van der Waals surface area contributed by atoms with Crippen molar-refractivity contribution in [2.75, 3.05) is 28.6 Å². The molecule has 0 aliphatic carbocycles. The highest BCUT2D eigenvalue weighted by atomic mass is 19.2. The van der Waals surface area contributed by atoms with Crippen molar-refractivity contribution >= 4 is 28.6 Å². The highest BCUT2D eigenvalue weighted by Gasteiger charge is 2.14. The van der Waals surface area contributed by atoms with E-state index in [1.54, 1.807) is 6.20 Å². The number of anilines is 4. The first-order valence-corrected chi connectivity index (χ1v) is 10.5. The van der Waals surface area contributed by atoms with Crippen molar-refractivity contribution in [2.45, 2.75) is 33.1 Å². The van der Waals surface area contributed by atoms with E-state index in [-0.39, 0.29) is 5.69 Å². The summed E-state index contributed by atoms with van der Waals surface area (Å²) in [6, 6.07) is 7.88. The fourth-order valence-electron chi connectivity index (χ4n) is 3.36. The van der Waals surface area contributed by atoms with Crippen molar-refractivity contribution in [2.24, 2.45) is 0 Å². The molecule has 0 radical (unpaired) electrons. The first kappa shape index (κ1) is 22.3. The number of aromatic nitrogens is 3. The molecule has 4 rings (SSSR count). The molecule has 0 bridgehead atoms. The summed E-state index contributed by atoms with van der Waals surface area (Å²) in [6.07, 6.45) is 6.91. The van der Waals surface area contributed by atoms with Crippen molar-refractivity contribution in [3.63, 3.8) is 0 Å². The van der Waals surface area contributed by atoms with Crippen molar-refractivity contribution in [1.82, 2.24) is 15.2 Å². The third-order valence-corrected chi connectivity index (χ3v) is 4.89. The van der Waals surface area contributed by atoms with Crippen LogP contribution in [0.2, 0.25) is 0 Å². The van der Waals surface area contributed by atoms with Crippen LogP contribution in [0.1, 0.15) is 38.8 Å². The van der Waals surface area contributed by atoms with E-state index in [4.69, 9.17) is 0 Å². The number of piperidine rings is 1. The Hall–Kier alpha value is -3.42. The summed E-state index contributed by atoms with van der Waals surface area (Å²) in [5, 5.41) is 12.8. The summed E-state index contributed by atoms with van der Waals surface area (Å²) in [5.41, 5.74) is 2.33. The van der Waals surface area contributed by atoms with Gasteiger partial charge in [-0.1, -0.05) is 26.5 Å². The van der Waals surface area contributed by atoms with Gasteiger partial charge in [0.05, 0.1) is 35.2 Å². The zero-order valence-electron chi connectivity index (χ0n) is 17.9. The van der Waals surface area contributed by atoms with Crippen molar-refractivity contribution in [1.29, 1.82) is 0 Å². The largest absolute Gasteiger partial charge is 0.357 e. The van der Waals surface area contributed by atoms with Gasteiger partial charge in [0.1, 0.15) is 11.5 Å². The van der Waals surface area contributed by atoms with Crippen LogP contribution in [0.15, 0.2) is 49.3 Å². The molecule has 1 fully saturated rings. The van der Waals surface area contributed by atoms with Gasteiger partial charge in [-0.2, -0.15) is 5.10 Å². The smallest absolute Gasteiger partial charge is 0.182 e. The van der Waals surface area contributed by atoms with Gasteiger partial charge in [0.25, 0.3) is 0 Å². The lowest BCUT2D eigenvalue weighted by Gasteiger charge is -2.27. The van der Waals surface area contributed by atoms with Gasteiger partial charge >= 0.3 is 0 Å². The Balaban J connectivity index is 0.00000132. The standard InChI is InChI=1S/C21H22F2N6.C2H6/c1-14(26-15-8-9-19(24-12-15)29-10-3-2-4-11-29)21-18(13-25-28-21)27-17-7-5-6-16(22)20(17)23;1-2/h5-9,12-13,26-27H,1-4,10-11H2,(H,25,28);1-2H3. The second-order valence-corrected chi connectivity index (χ2v) is 6.94. The van der Waals surface area contributed by atoms with Crippen LogP contribution in [-0.2, 0) is 0 Å². The van der Waals surface area contributed by atoms with Gasteiger partial charge in [0.15, 0.2) is 11.6 Å². The van der Waals surface area contributed by atoms with Crippen molar-refractivity contribution in [3.05, 3.63) is 66.6 Å². The molecule has 0 unspecified atom stereocenters. The second-order valence-electron chi connectivity index (χ2n) is 6.94. The second kappa shape index (κ2) is 10.6. The molecular formula is C23H28F2N6. The first-order valence-electron chi connectivity index (χ1n) is 10.5. The molecule has 2 aromatic heterocycles. The maximum Gasteiger partial charge on any atom is 0.182 e. The van der Waals surface area contributed by atoms with Crippen molar-refractivity contribution < 1.29 is 8.78 Å². The topological polar surface area (TPSA) is 68.9 Å². The summed E-state index contributed by atoms with van der Waals surface area (Å²) in [4.78, 5) is 6.82. The van der Waals surface area contributed by atoms with Crippen LogP contribution in [0.3, 0.4) is 0 Å². The lowest BCUT2D eigenvalue weighted by molar-refractivity contribution is 0.512. The van der Waals surface area contributed by atoms with Gasteiger partial charge in [-0.3, -0.25) is 5.10 Å². The number of pyridine rings is 1. The molecule has 0 saturated carbocycles. The van der Waals surface area contributed by atoms with Crippen LogP contribution >= 0.6 is 0 Å². The highest BCUT2D eigenvalue weighted by molar-refractivity contribution is 5.81. The third kappa shape index (κ3) is 5.39. The van der Waals surface area contributed by atoms with E-state index in [1.165, 1.54) is 37.6 Å². The quantitative estimate of drug-likeness (QED) is 0.456. The number of hydrogen-bond donors (Lipinski definition) is 3. The summed E-state index contributed by atoms with van der Waals surface area (Å²) in [7, 11) is 0. The van der Waals surface area contributed by atoms with Gasteiger partial charge in [0.2, 0.25) is 0 Å². The van der Waals surface area contributed by atoms with Gasteiger partial charge in [0, 0.05) is 13.1 Å². The molecule has 1 aliphatic rings. The Kier molecular flexibility index (Phi) is 7.59. The molecule has 31 heavy (non-hydrogen) atoms. The molecule has 1 aliphatic heterocycles. The number of hydrogen-bond acceptors (Lipinski definition) is 5. The lowest BCUT2D eigenvalue weighted by atomic mass is 10.1. The summed E-state index contributed by atoms with van der Waals surface area (Å²) < 4.78 is 27.4. The van der Waals surface area contributed by atoms with E-state index in [9.17, 15) is 8.78 Å². The zero-order valence-corrected chi connectivity index (χ0v) is 17.9. The third-order valence-electron chi connectivity index (χ3n) is 4.89. The normalized spacial score (nSPS) is 13.2. The number of halogens is 2. The fourth-order valence-corrected chi connectivity index (χ4v) is 3.36. The summed E-state index contributed by atoms with van der Waals surface area (Å²) in [5.74, 6) is -0.904. The Morgan fingerprint density at radius 1 is 1.03 bits per heavy atom. The average molecular weight is 427 g/mol. The predicted octanol–water partition coefficient (Wildman–Crippen LogP) is 5.93. The molecule has 3 heterocycles. The van der Waals surface area contributed by atoms with Crippen LogP contribution in [0.25, 0.3) is 5.70 Å². The van der Waals surface area contributed by atoms with Gasteiger partial charge in [-0.15, -0.1) is 0 Å². The van der Waals surface area contributed by atoms with Crippen LogP contribution < -0.4 is 15.5 Å². The number of H-pyrrole nitrogens is 1. The minimum Gasteiger partial charge on any atom is -0.357 e. The zero-order chi connectivity index (χ0) is 22.2. The van der Waals surface area contributed by atoms with E-state index in [0.29, 0.717) is 17.1 Å². The monoisotopic (exact) mass is 426 g/mol. The first-order chi connectivity index (χ1) is 15.1. The maximum absolute atomic E-state index is 13.9. The molecule has 3 N–H and O–H groups in total. The van der Waals surface area contributed by atoms with E-state index < -0.39 is 11.6 Å². The van der Waals surface area contributed by atoms with Crippen LogP contribution in [0, 0.1) is 11.6 Å². The average Bonchev–Trinajstić information content (AvgIpc) is 3.28. The van der Waals surface area contributed by atoms with Gasteiger partial charge in [-0.05, 0) is 43.5 Å². The number of rotatable bonds is 6. The molecule has 6 nitrogen and oxygen atoms in total. The van der Waals surface area contributed by atoms with E-state index in [0.717, 1.165) is 30.7 Å². The minimum absolute atomic E-state index is 0.0213. The SMILES string of the molecule is C=C(Nc1ccc(N2CCCCC2)nc1)c1[nH]ncc1Nc1cccc(F)c1F.CC. The fraction of sp³-hybridized carbons (Fsp3) is 0.304. The molecule has 0 amide bonds. The van der Waals surface area contributed by atoms with Crippen LogP contribution in [0.4, 0.5) is 31.7 Å². The predicted molar refractivity (Wildman–Crippen MR) is 123 cm³/mol. The van der Waals surface area contributed by atoms with E-state index in [1.807, 2.05) is 26.0 Å². The molecular weight excluding hydrogens is 398 g/mol. The molecule has 1 aromatic carbocycles. The molecule has 0 spiro atoms. The number of benzene rings is 1. The summed E-state index contributed by atoms with van der Waals surface area (Å²) >= 11 is 0. The van der Waals surface area contributed by atoms with Gasteiger partial charge < -0.3 is 15.5 Å². The summed E-state index contributed by atoms with van der Waals surface area (Å²) in [6.45, 7) is 10.1. The highest BCUT2D eigenvalue weighted by Crippen LogP contribution is 2.27. The molecule has 3 aromatic rings. The minimum atomic E-state index is -0.948. The maximum atomic E-state index is 13.9. The Bertz CT molecular complexity index is 994. The lowest BCUT2D eigenvalue weighted by Crippen LogP contribution is -2.30. The number of nitrogens with one attached hydrogen (secondary N) is 3. The van der Waals surface area contributed by atoms with Crippen molar-refractivity contribution in [3.8, 4) is 0 Å². The Morgan fingerprint density at radius 2 is 1.81 bits per heavy atom. The van der Waals surface area contributed by atoms with E-state index in [2.05, 4.69) is 37.3 Å². The Morgan fingerprint density at radius 3 is 2.52 bits per heavy atom. The van der Waals surface area contributed by atoms with Gasteiger partial charge in [-0.25, -0.2) is 13.8 Å². The number of aromatic amines is 1. The van der Waals surface area contributed by atoms with Crippen LogP contribution in [0.5, 0.6) is 0 Å². The molecule has 8 heteroatoms. The molecule has 0 atom stereocenters. The Labute approximate surface area is 181 Å². The molecule has 1 saturated heterocycles.